The number of aryl methyl sites for hydroxylation is 1. The number of pyridine rings is 1. The SMILES string of the molecule is Cc1cc(NN(C)C)ncc1Br. The summed E-state index contributed by atoms with van der Waals surface area (Å²) in [7, 11) is 3.86. The van der Waals surface area contributed by atoms with Crippen LogP contribution in [0.1, 0.15) is 5.56 Å². The Morgan fingerprint density at radius 2 is 2.17 bits per heavy atom. The first-order valence-corrected chi connectivity index (χ1v) is 4.45. The maximum atomic E-state index is 4.18. The van der Waals surface area contributed by atoms with Gasteiger partial charge in [0.15, 0.2) is 0 Å². The molecule has 0 saturated carbocycles. The van der Waals surface area contributed by atoms with Crippen molar-refractivity contribution in [1.29, 1.82) is 0 Å². The van der Waals surface area contributed by atoms with E-state index in [1.807, 2.05) is 32.1 Å². The summed E-state index contributed by atoms with van der Waals surface area (Å²) < 4.78 is 1.03. The van der Waals surface area contributed by atoms with Crippen LogP contribution in [0.5, 0.6) is 0 Å². The molecule has 0 saturated heterocycles. The molecule has 0 unspecified atom stereocenters. The van der Waals surface area contributed by atoms with Crippen LogP contribution in [0.4, 0.5) is 5.82 Å². The normalized spacial score (nSPS) is 10.4. The Labute approximate surface area is 80.9 Å². The predicted molar refractivity (Wildman–Crippen MR) is 54.0 cm³/mol. The Morgan fingerprint density at radius 3 is 2.67 bits per heavy atom. The van der Waals surface area contributed by atoms with Gasteiger partial charge in [0, 0.05) is 24.8 Å². The summed E-state index contributed by atoms with van der Waals surface area (Å²) in [6.07, 6.45) is 1.79. The summed E-state index contributed by atoms with van der Waals surface area (Å²) in [6.45, 7) is 2.03. The van der Waals surface area contributed by atoms with Gasteiger partial charge in [-0.2, -0.15) is 0 Å². The Hall–Kier alpha value is -0.610. The zero-order chi connectivity index (χ0) is 9.14. The lowest BCUT2D eigenvalue weighted by Gasteiger charge is -2.12. The molecule has 0 spiro atoms. The van der Waals surface area contributed by atoms with Crippen LogP contribution in [0, 0.1) is 6.92 Å². The first-order valence-electron chi connectivity index (χ1n) is 3.65. The third-order valence-electron chi connectivity index (χ3n) is 1.39. The molecular formula is C8H12BrN3. The number of hydrazine groups is 1. The molecule has 1 aromatic rings. The molecule has 3 nitrogen and oxygen atoms in total. The zero-order valence-electron chi connectivity index (χ0n) is 7.43. The lowest BCUT2D eigenvalue weighted by Crippen LogP contribution is -2.20. The number of aromatic nitrogens is 1. The van der Waals surface area contributed by atoms with E-state index in [4.69, 9.17) is 0 Å². The molecule has 0 radical (unpaired) electrons. The Morgan fingerprint density at radius 1 is 1.50 bits per heavy atom. The minimum atomic E-state index is 0.862. The van der Waals surface area contributed by atoms with E-state index in [1.165, 1.54) is 5.56 Å². The molecule has 12 heavy (non-hydrogen) atoms. The fourth-order valence-corrected chi connectivity index (χ4v) is 1.05. The molecule has 0 atom stereocenters. The molecule has 1 aromatic heterocycles. The topological polar surface area (TPSA) is 28.2 Å². The Balaban J connectivity index is 2.82. The number of hydrogen-bond donors (Lipinski definition) is 1. The summed E-state index contributed by atoms with van der Waals surface area (Å²) in [5.74, 6) is 0.862. The van der Waals surface area contributed by atoms with E-state index in [2.05, 4.69) is 26.3 Å². The van der Waals surface area contributed by atoms with Crippen LogP contribution in [0.3, 0.4) is 0 Å². The summed E-state index contributed by atoms with van der Waals surface area (Å²) >= 11 is 3.39. The number of hydrogen-bond acceptors (Lipinski definition) is 3. The summed E-state index contributed by atoms with van der Waals surface area (Å²) in [4.78, 5) is 4.18. The van der Waals surface area contributed by atoms with Crippen LogP contribution in [0.15, 0.2) is 16.7 Å². The predicted octanol–water partition coefficient (Wildman–Crippen LogP) is 2.04. The second kappa shape index (κ2) is 3.87. The van der Waals surface area contributed by atoms with Crippen molar-refractivity contribution < 1.29 is 0 Å². The maximum absolute atomic E-state index is 4.18. The second-order valence-electron chi connectivity index (χ2n) is 2.82. The lowest BCUT2D eigenvalue weighted by molar-refractivity contribution is 0.492. The van der Waals surface area contributed by atoms with Gasteiger partial charge in [-0.25, -0.2) is 9.99 Å². The van der Waals surface area contributed by atoms with Crippen LogP contribution < -0.4 is 5.43 Å². The average molecular weight is 230 g/mol. The van der Waals surface area contributed by atoms with E-state index in [0.29, 0.717) is 0 Å². The van der Waals surface area contributed by atoms with E-state index >= 15 is 0 Å². The monoisotopic (exact) mass is 229 g/mol. The van der Waals surface area contributed by atoms with Crippen LogP contribution in [-0.2, 0) is 0 Å². The minimum absolute atomic E-state index is 0.862. The van der Waals surface area contributed by atoms with Gasteiger partial charge < -0.3 is 5.43 Å². The minimum Gasteiger partial charge on any atom is -0.304 e. The molecule has 1 heterocycles. The molecule has 4 heteroatoms. The summed E-state index contributed by atoms with van der Waals surface area (Å²) in [6, 6.07) is 1.99. The summed E-state index contributed by atoms with van der Waals surface area (Å²) in [5, 5.41) is 1.86. The van der Waals surface area contributed by atoms with E-state index in [1.54, 1.807) is 6.20 Å². The molecule has 0 bridgehead atoms. The average Bonchev–Trinajstić information content (AvgIpc) is 1.96. The number of anilines is 1. The van der Waals surface area contributed by atoms with Gasteiger partial charge in [-0.1, -0.05) is 0 Å². The summed E-state index contributed by atoms with van der Waals surface area (Å²) in [5.41, 5.74) is 4.25. The van der Waals surface area contributed by atoms with Gasteiger partial charge in [0.2, 0.25) is 0 Å². The number of rotatable bonds is 2. The van der Waals surface area contributed by atoms with Crippen molar-refractivity contribution in [2.75, 3.05) is 19.5 Å². The van der Waals surface area contributed by atoms with Crippen LogP contribution in [-0.4, -0.2) is 24.1 Å². The van der Waals surface area contributed by atoms with E-state index in [-0.39, 0.29) is 0 Å². The largest absolute Gasteiger partial charge is 0.304 e. The number of nitrogens with one attached hydrogen (secondary N) is 1. The Bertz CT molecular complexity index is 273. The number of nitrogens with zero attached hydrogens (tertiary/aromatic N) is 2. The highest BCUT2D eigenvalue weighted by Gasteiger charge is 1.98. The van der Waals surface area contributed by atoms with E-state index in [9.17, 15) is 0 Å². The van der Waals surface area contributed by atoms with Crippen LogP contribution in [0.25, 0.3) is 0 Å². The van der Waals surface area contributed by atoms with E-state index < -0.39 is 0 Å². The highest BCUT2D eigenvalue weighted by atomic mass is 79.9. The number of halogens is 1. The van der Waals surface area contributed by atoms with Gasteiger partial charge in [0.1, 0.15) is 5.82 Å². The molecule has 1 N–H and O–H groups in total. The van der Waals surface area contributed by atoms with Crippen molar-refractivity contribution in [3.8, 4) is 0 Å². The third-order valence-corrected chi connectivity index (χ3v) is 2.22. The molecule has 0 aliphatic carbocycles. The zero-order valence-corrected chi connectivity index (χ0v) is 9.01. The first-order chi connectivity index (χ1) is 5.59. The van der Waals surface area contributed by atoms with E-state index in [0.717, 1.165) is 10.3 Å². The van der Waals surface area contributed by atoms with Gasteiger partial charge >= 0.3 is 0 Å². The molecule has 66 valence electrons. The van der Waals surface area contributed by atoms with Crippen molar-refractivity contribution in [3.05, 3.63) is 22.3 Å². The fourth-order valence-electron chi connectivity index (χ4n) is 0.830. The maximum Gasteiger partial charge on any atom is 0.140 e. The highest BCUT2D eigenvalue weighted by molar-refractivity contribution is 9.10. The molecule has 0 aliphatic rings. The van der Waals surface area contributed by atoms with Gasteiger partial charge in [0.05, 0.1) is 0 Å². The molecule has 1 rings (SSSR count). The van der Waals surface area contributed by atoms with Crippen molar-refractivity contribution >= 4 is 21.7 Å². The fraction of sp³-hybridized carbons (Fsp3) is 0.375. The van der Waals surface area contributed by atoms with Crippen LogP contribution >= 0.6 is 15.9 Å². The van der Waals surface area contributed by atoms with Crippen molar-refractivity contribution in [3.63, 3.8) is 0 Å². The van der Waals surface area contributed by atoms with Gasteiger partial charge in [-0.3, -0.25) is 0 Å². The second-order valence-corrected chi connectivity index (χ2v) is 3.68. The molecule has 0 aliphatic heterocycles. The first kappa shape index (κ1) is 9.48. The molecule has 0 fully saturated rings. The molecular weight excluding hydrogens is 218 g/mol. The van der Waals surface area contributed by atoms with Crippen molar-refractivity contribution in [2.24, 2.45) is 0 Å². The molecule has 0 amide bonds. The van der Waals surface area contributed by atoms with Gasteiger partial charge in [0.25, 0.3) is 0 Å². The highest BCUT2D eigenvalue weighted by Crippen LogP contribution is 2.16. The van der Waals surface area contributed by atoms with Crippen LogP contribution in [0.2, 0.25) is 0 Å². The van der Waals surface area contributed by atoms with Gasteiger partial charge in [-0.05, 0) is 34.5 Å². The smallest absolute Gasteiger partial charge is 0.140 e. The van der Waals surface area contributed by atoms with Gasteiger partial charge in [-0.15, -0.1) is 0 Å². The standard InChI is InChI=1S/C8H12BrN3/c1-6-4-8(11-12(2)3)10-5-7(6)9/h4-5H,1-3H3,(H,10,11). The van der Waals surface area contributed by atoms with Crippen molar-refractivity contribution in [1.82, 2.24) is 9.99 Å². The lowest BCUT2D eigenvalue weighted by atomic mass is 10.3. The molecule has 0 aromatic carbocycles. The quantitative estimate of drug-likeness (QED) is 0.788. The Kier molecular flexibility index (Phi) is 3.05. The van der Waals surface area contributed by atoms with Crippen molar-refractivity contribution in [2.45, 2.75) is 6.92 Å². The third kappa shape index (κ3) is 2.46.